The number of hydrogen-bond acceptors (Lipinski definition) is 6. The number of nitro groups is 1. The summed E-state index contributed by atoms with van der Waals surface area (Å²) in [6.07, 6.45) is 2.59. The average Bonchev–Trinajstić information content (AvgIpc) is 2.62. The van der Waals surface area contributed by atoms with Crippen LogP contribution in [0.4, 0.5) is 26.0 Å². The number of rotatable bonds is 5. The zero-order valence-corrected chi connectivity index (χ0v) is 15.0. The number of hydrogen-bond donors (Lipinski definition) is 2. The second-order valence-electron chi connectivity index (χ2n) is 6.40. The summed E-state index contributed by atoms with van der Waals surface area (Å²) in [5.74, 6) is -1.11. The Morgan fingerprint density at radius 1 is 1.37 bits per heavy atom. The normalized spacial score (nSPS) is 15.7. The summed E-state index contributed by atoms with van der Waals surface area (Å²) in [4.78, 5) is 16.4. The molecule has 27 heavy (non-hydrogen) atoms. The van der Waals surface area contributed by atoms with E-state index in [1.54, 1.807) is 0 Å². The van der Waals surface area contributed by atoms with E-state index in [-0.39, 0.29) is 28.3 Å². The molecule has 3 N–H and O–H groups in total. The van der Waals surface area contributed by atoms with Gasteiger partial charge in [0.15, 0.2) is 0 Å². The van der Waals surface area contributed by atoms with E-state index in [2.05, 4.69) is 10.3 Å². The van der Waals surface area contributed by atoms with Crippen LogP contribution >= 0.6 is 11.6 Å². The van der Waals surface area contributed by atoms with Crippen LogP contribution < -0.4 is 11.1 Å². The number of piperidine rings is 1. The molecule has 1 aromatic heterocycles. The molecule has 1 aromatic carbocycles. The number of nitrogens with two attached hydrogens (primary N) is 1. The molecule has 3 rings (SSSR count). The van der Waals surface area contributed by atoms with E-state index >= 15 is 0 Å². The number of nitrogens with zero attached hydrogens (tertiary/aromatic N) is 3. The van der Waals surface area contributed by atoms with Crippen molar-refractivity contribution in [2.75, 3.05) is 24.1 Å². The minimum Gasteiger partial charge on any atom is -0.378 e. The van der Waals surface area contributed by atoms with Gasteiger partial charge >= 0.3 is 5.69 Å². The van der Waals surface area contributed by atoms with Gasteiger partial charge in [0, 0.05) is 31.2 Å². The molecule has 0 saturated carbocycles. The van der Waals surface area contributed by atoms with Crippen LogP contribution in [-0.2, 0) is 6.54 Å². The molecular weight excluding hydrogens is 380 g/mol. The van der Waals surface area contributed by atoms with Crippen molar-refractivity contribution < 1.29 is 13.7 Å². The Bertz CT molecular complexity index is 859. The highest BCUT2D eigenvalue weighted by Crippen LogP contribution is 2.36. The third-order valence-electron chi connectivity index (χ3n) is 4.56. The highest BCUT2D eigenvalue weighted by atomic mass is 35.5. The number of halogens is 3. The molecule has 0 amide bonds. The Kier molecular flexibility index (Phi) is 5.71. The topological polar surface area (TPSA) is 97.3 Å². The molecule has 0 aliphatic carbocycles. The van der Waals surface area contributed by atoms with Gasteiger partial charge in [-0.2, -0.15) is 0 Å². The molecule has 0 bridgehead atoms. The number of pyridine rings is 1. The Hall–Kier alpha value is -2.52. The van der Waals surface area contributed by atoms with E-state index in [9.17, 15) is 18.9 Å². The molecule has 1 aliphatic heterocycles. The van der Waals surface area contributed by atoms with Crippen LogP contribution in [0.25, 0.3) is 0 Å². The minimum atomic E-state index is -0.613. The summed E-state index contributed by atoms with van der Waals surface area (Å²) < 4.78 is 27.1. The molecule has 2 aromatic rings. The summed E-state index contributed by atoms with van der Waals surface area (Å²) in [5, 5.41) is 14.5. The number of benzene rings is 1. The maximum atomic E-state index is 13.8. The van der Waals surface area contributed by atoms with Gasteiger partial charge in [0.1, 0.15) is 17.3 Å². The third kappa shape index (κ3) is 4.42. The lowest BCUT2D eigenvalue weighted by molar-refractivity contribution is -0.383. The van der Waals surface area contributed by atoms with Crippen LogP contribution in [-0.4, -0.2) is 33.9 Å². The molecule has 0 radical (unpaired) electrons. The largest absolute Gasteiger partial charge is 0.378 e. The molecular formula is C17H18ClF2N5O2. The fourth-order valence-corrected chi connectivity index (χ4v) is 3.35. The van der Waals surface area contributed by atoms with Gasteiger partial charge in [-0.05, 0) is 31.0 Å². The van der Waals surface area contributed by atoms with Crippen LogP contribution in [0.3, 0.4) is 0 Å². The number of nitrogen functional groups attached to an aromatic ring is 1. The number of likely N-dealkylation sites (tertiary alicyclic amines) is 1. The molecule has 1 fully saturated rings. The zero-order valence-electron chi connectivity index (χ0n) is 14.3. The lowest BCUT2D eigenvalue weighted by atomic mass is 10.0. The SMILES string of the molecule is Nc1ncc(Cl)c(NC2CCN(Cc3cc(F)ccc3F)CC2)c1[N+](=O)[O-]. The number of nitrogens with one attached hydrogen (secondary N) is 1. The smallest absolute Gasteiger partial charge is 0.335 e. The van der Waals surface area contributed by atoms with Crippen molar-refractivity contribution in [2.24, 2.45) is 0 Å². The van der Waals surface area contributed by atoms with Crippen LogP contribution in [0.1, 0.15) is 18.4 Å². The number of anilines is 2. The first kappa shape index (κ1) is 19.2. The first-order valence-electron chi connectivity index (χ1n) is 8.36. The standard InChI is InChI=1S/C17H18ClF2N5O2/c18-13-8-22-17(21)16(25(26)27)15(13)23-12-3-5-24(6-4-12)9-10-7-11(19)1-2-14(10)20/h1-2,7-8,12H,3-6,9H2,(H3,21,22,23). The van der Waals surface area contributed by atoms with Crippen molar-refractivity contribution in [3.05, 3.63) is 56.7 Å². The highest BCUT2D eigenvalue weighted by Gasteiger charge is 2.27. The maximum absolute atomic E-state index is 13.8. The number of aromatic nitrogens is 1. The van der Waals surface area contributed by atoms with E-state index in [0.29, 0.717) is 38.0 Å². The Morgan fingerprint density at radius 2 is 2.07 bits per heavy atom. The summed E-state index contributed by atoms with van der Waals surface area (Å²) in [6, 6.07) is 3.35. The fourth-order valence-electron chi connectivity index (χ4n) is 3.16. The van der Waals surface area contributed by atoms with Crippen molar-refractivity contribution in [2.45, 2.75) is 25.4 Å². The van der Waals surface area contributed by atoms with Crippen molar-refractivity contribution in [1.82, 2.24) is 9.88 Å². The van der Waals surface area contributed by atoms with Gasteiger partial charge in [-0.15, -0.1) is 0 Å². The molecule has 7 nitrogen and oxygen atoms in total. The van der Waals surface area contributed by atoms with Crippen LogP contribution in [0.5, 0.6) is 0 Å². The first-order chi connectivity index (χ1) is 12.8. The molecule has 10 heteroatoms. The minimum absolute atomic E-state index is 0.0587. The molecule has 0 spiro atoms. The van der Waals surface area contributed by atoms with Gasteiger partial charge in [-0.1, -0.05) is 11.6 Å². The molecule has 0 atom stereocenters. The molecule has 1 saturated heterocycles. The Labute approximate surface area is 159 Å². The lowest BCUT2D eigenvalue weighted by Crippen LogP contribution is -2.39. The Balaban J connectivity index is 1.64. The van der Waals surface area contributed by atoms with Gasteiger partial charge < -0.3 is 11.1 Å². The average molecular weight is 398 g/mol. The zero-order chi connectivity index (χ0) is 19.6. The van der Waals surface area contributed by atoms with Crippen molar-refractivity contribution in [1.29, 1.82) is 0 Å². The molecule has 2 heterocycles. The second kappa shape index (κ2) is 8.01. The Morgan fingerprint density at radius 3 is 2.74 bits per heavy atom. The quantitative estimate of drug-likeness (QED) is 0.591. The second-order valence-corrected chi connectivity index (χ2v) is 6.81. The van der Waals surface area contributed by atoms with Crippen LogP contribution in [0.2, 0.25) is 5.02 Å². The summed E-state index contributed by atoms with van der Waals surface area (Å²) in [6.45, 7) is 1.55. The van der Waals surface area contributed by atoms with Gasteiger partial charge in [0.25, 0.3) is 0 Å². The van der Waals surface area contributed by atoms with Gasteiger partial charge in [0.2, 0.25) is 5.82 Å². The van der Waals surface area contributed by atoms with E-state index in [1.165, 1.54) is 12.3 Å². The fraction of sp³-hybridized carbons (Fsp3) is 0.353. The highest BCUT2D eigenvalue weighted by molar-refractivity contribution is 6.33. The molecule has 0 unspecified atom stereocenters. The molecule has 1 aliphatic rings. The summed E-state index contributed by atoms with van der Waals surface area (Å²) >= 11 is 6.06. The van der Waals surface area contributed by atoms with Crippen molar-refractivity contribution in [3.8, 4) is 0 Å². The predicted octanol–water partition coefficient (Wildman–Crippen LogP) is 3.58. The summed E-state index contributed by atoms with van der Waals surface area (Å²) in [7, 11) is 0. The van der Waals surface area contributed by atoms with Crippen LogP contribution in [0.15, 0.2) is 24.4 Å². The predicted molar refractivity (Wildman–Crippen MR) is 98.6 cm³/mol. The van der Waals surface area contributed by atoms with Crippen molar-refractivity contribution >= 4 is 28.8 Å². The van der Waals surface area contributed by atoms with Crippen LogP contribution in [0, 0.1) is 21.7 Å². The lowest BCUT2D eigenvalue weighted by Gasteiger charge is -2.33. The van der Waals surface area contributed by atoms with E-state index in [4.69, 9.17) is 17.3 Å². The summed E-state index contributed by atoms with van der Waals surface area (Å²) in [5.41, 5.74) is 5.73. The monoisotopic (exact) mass is 397 g/mol. The van der Waals surface area contributed by atoms with Gasteiger partial charge in [-0.3, -0.25) is 15.0 Å². The van der Waals surface area contributed by atoms with E-state index < -0.39 is 16.6 Å². The van der Waals surface area contributed by atoms with Gasteiger partial charge in [0.05, 0.1) is 16.1 Å². The van der Waals surface area contributed by atoms with E-state index in [0.717, 1.165) is 12.1 Å². The molecule has 144 valence electrons. The van der Waals surface area contributed by atoms with E-state index in [1.807, 2.05) is 4.90 Å². The van der Waals surface area contributed by atoms with Crippen molar-refractivity contribution in [3.63, 3.8) is 0 Å². The third-order valence-corrected chi connectivity index (χ3v) is 4.84. The first-order valence-corrected chi connectivity index (χ1v) is 8.74. The van der Waals surface area contributed by atoms with Gasteiger partial charge in [-0.25, -0.2) is 13.8 Å². The maximum Gasteiger partial charge on any atom is 0.335 e.